The molecule has 1 rings (SSSR count). The molecule has 1 aromatic rings. The van der Waals surface area contributed by atoms with Crippen molar-refractivity contribution in [2.45, 2.75) is 46.5 Å². The van der Waals surface area contributed by atoms with Gasteiger partial charge < -0.3 is 9.47 Å². The number of allylic oxidation sites excluding steroid dienone is 5. The van der Waals surface area contributed by atoms with Crippen LogP contribution in [0.5, 0.6) is 11.5 Å². The molecule has 0 aliphatic heterocycles. The zero-order valence-corrected chi connectivity index (χ0v) is 15.2. The monoisotopic (exact) mass is 314 g/mol. The molecule has 1 aromatic carbocycles. The Morgan fingerprint density at radius 1 is 1.13 bits per heavy atom. The molecule has 0 aliphatic carbocycles. The quantitative estimate of drug-likeness (QED) is 0.529. The first-order valence-corrected chi connectivity index (χ1v) is 8.15. The highest BCUT2D eigenvalue weighted by Gasteiger charge is 2.07. The highest BCUT2D eigenvalue weighted by Crippen LogP contribution is 2.29. The maximum atomic E-state index is 5.36. The number of methoxy groups -OCH3 is 2. The van der Waals surface area contributed by atoms with Crippen LogP contribution in [-0.2, 0) is 6.42 Å². The van der Waals surface area contributed by atoms with Crippen LogP contribution in [0.1, 0.15) is 45.6 Å². The smallest absolute Gasteiger partial charge is 0.160 e. The Balaban J connectivity index is 2.63. The Morgan fingerprint density at radius 3 is 2.39 bits per heavy atom. The SMILES string of the molecule is C=C(C/C(=C\C)CCC=C(C)C)Cc1ccc(OC)c(OC)c1. The first kappa shape index (κ1) is 19.1. The molecule has 0 radical (unpaired) electrons. The summed E-state index contributed by atoms with van der Waals surface area (Å²) in [4.78, 5) is 0. The van der Waals surface area contributed by atoms with E-state index in [9.17, 15) is 0 Å². The second-order valence-electron chi connectivity index (χ2n) is 6.06. The van der Waals surface area contributed by atoms with Gasteiger partial charge in [-0.3, -0.25) is 0 Å². The number of benzene rings is 1. The Labute approximate surface area is 141 Å². The average molecular weight is 314 g/mol. The van der Waals surface area contributed by atoms with Gasteiger partial charge in [-0.1, -0.05) is 41.5 Å². The molecule has 0 saturated heterocycles. The fourth-order valence-corrected chi connectivity index (χ4v) is 2.54. The van der Waals surface area contributed by atoms with Crippen molar-refractivity contribution in [3.63, 3.8) is 0 Å². The topological polar surface area (TPSA) is 18.5 Å². The molecular formula is C21H30O2. The summed E-state index contributed by atoms with van der Waals surface area (Å²) in [6, 6.07) is 6.06. The lowest BCUT2D eigenvalue weighted by Gasteiger charge is -2.12. The van der Waals surface area contributed by atoms with Gasteiger partial charge in [0.1, 0.15) is 0 Å². The van der Waals surface area contributed by atoms with Gasteiger partial charge in [0, 0.05) is 0 Å². The van der Waals surface area contributed by atoms with Gasteiger partial charge in [-0.15, -0.1) is 0 Å². The number of rotatable bonds is 9. The fraction of sp³-hybridized carbons (Fsp3) is 0.429. The van der Waals surface area contributed by atoms with E-state index in [2.05, 4.69) is 45.6 Å². The lowest BCUT2D eigenvalue weighted by Crippen LogP contribution is -1.96. The van der Waals surface area contributed by atoms with Crippen molar-refractivity contribution in [1.82, 2.24) is 0 Å². The van der Waals surface area contributed by atoms with Crippen LogP contribution in [0.4, 0.5) is 0 Å². The predicted octanol–water partition coefficient (Wildman–Crippen LogP) is 5.89. The predicted molar refractivity (Wildman–Crippen MR) is 99.4 cm³/mol. The second-order valence-corrected chi connectivity index (χ2v) is 6.06. The molecule has 0 saturated carbocycles. The van der Waals surface area contributed by atoms with Crippen molar-refractivity contribution in [1.29, 1.82) is 0 Å². The maximum Gasteiger partial charge on any atom is 0.160 e. The van der Waals surface area contributed by atoms with Crippen molar-refractivity contribution in [2.75, 3.05) is 14.2 Å². The standard InChI is InChI=1S/C21H30O2/c1-7-18(10-8-9-16(2)3)13-17(4)14-19-11-12-20(22-5)21(15-19)23-6/h7,9,11-12,15H,4,8,10,13-14H2,1-3,5-6H3/b18-7-. The van der Waals surface area contributed by atoms with Crippen LogP contribution in [0, 0.1) is 0 Å². The third-order valence-corrected chi connectivity index (χ3v) is 3.81. The van der Waals surface area contributed by atoms with Gasteiger partial charge in [-0.25, -0.2) is 0 Å². The highest BCUT2D eigenvalue weighted by atomic mass is 16.5. The molecule has 2 heteroatoms. The third kappa shape index (κ3) is 6.77. The average Bonchev–Trinajstić information content (AvgIpc) is 2.53. The normalized spacial score (nSPS) is 11.1. The van der Waals surface area contributed by atoms with Crippen molar-refractivity contribution in [3.05, 3.63) is 59.2 Å². The fourth-order valence-electron chi connectivity index (χ4n) is 2.54. The molecule has 0 unspecified atom stereocenters. The molecule has 0 amide bonds. The molecular weight excluding hydrogens is 284 g/mol. The minimum Gasteiger partial charge on any atom is -0.493 e. The lowest BCUT2D eigenvalue weighted by molar-refractivity contribution is 0.354. The van der Waals surface area contributed by atoms with Gasteiger partial charge in [-0.05, 0) is 64.2 Å². The molecule has 126 valence electrons. The summed E-state index contributed by atoms with van der Waals surface area (Å²) in [6.45, 7) is 10.7. The summed E-state index contributed by atoms with van der Waals surface area (Å²) in [7, 11) is 3.32. The number of ether oxygens (including phenoxy) is 2. The van der Waals surface area contributed by atoms with Gasteiger partial charge in [0.25, 0.3) is 0 Å². The summed E-state index contributed by atoms with van der Waals surface area (Å²) in [5.74, 6) is 1.53. The van der Waals surface area contributed by atoms with E-state index in [0.29, 0.717) is 0 Å². The van der Waals surface area contributed by atoms with Crippen LogP contribution in [0.3, 0.4) is 0 Å². The van der Waals surface area contributed by atoms with Crippen molar-refractivity contribution in [3.8, 4) is 11.5 Å². The van der Waals surface area contributed by atoms with Gasteiger partial charge in [-0.2, -0.15) is 0 Å². The van der Waals surface area contributed by atoms with E-state index < -0.39 is 0 Å². The lowest BCUT2D eigenvalue weighted by atomic mass is 9.96. The number of hydrogen-bond donors (Lipinski definition) is 0. The molecule has 0 N–H and O–H groups in total. The van der Waals surface area contributed by atoms with E-state index in [-0.39, 0.29) is 0 Å². The van der Waals surface area contributed by atoms with Gasteiger partial charge in [0.2, 0.25) is 0 Å². The van der Waals surface area contributed by atoms with Crippen molar-refractivity contribution in [2.24, 2.45) is 0 Å². The van der Waals surface area contributed by atoms with Crippen molar-refractivity contribution >= 4 is 0 Å². The molecule has 0 aromatic heterocycles. The Kier molecular flexibility index (Phi) is 8.25. The molecule has 0 aliphatic rings. The third-order valence-electron chi connectivity index (χ3n) is 3.81. The Morgan fingerprint density at radius 2 is 1.83 bits per heavy atom. The summed E-state index contributed by atoms with van der Waals surface area (Å²) in [6.07, 6.45) is 8.54. The summed E-state index contributed by atoms with van der Waals surface area (Å²) in [5.41, 5.74) is 5.26. The zero-order chi connectivity index (χ0) is 17.2. The van der Waals surface area contributed by atoms with E-state index in [1.54, 1.807) is 14.2 Å². The molecule has 2 nitrogen and oxygen atoms in total. The van der Waals surface area contributed by atoms with E-state index >= 15 is 0 Å². The van der Waals surface area contributed by atoms with Crippen LogP contribution < -0.4 is 9.47 Å². The Hall–Kier alpha value is -1.96. The first-order valence-electron chi connectivity index (χ1n) is 8.15. The highest BCUT2D eigenvalue weighted by molar-refractivity contribution is 5.43. The minimum absolute atomic E-state index is 0.762. The van der Waals surface area contributed by atoms with Crippen LogP contribution in [0.15, 0.2) is 53.6 Å². The first-order chi connectivity index (χ1) is 11.0. The number of hydrogen-bond acceptors (Lipinski definition) is 2. The Bertz CT molecular complexity index is 576. The van der Waals surface area contributed by atoms with Crippen LogP contribution >= 0.6 is 0 Å². The minimum atomic E-state index is 0.762. The molecule has 0 atom stereocenters. The molecule has 0 spiro atoms. The second kappa shape index (κ2) is 9.94. The van der Waals surface area contributed by atoms with Gasteiger partial charge in [0.05, 0.1) is 14.2 Å². The van der Waals surface area contributed by atoms with Crippen LogP contribution in [-0.4, -0.2) is 14.2 Å². The van der Waals surface area contributed by atoms with Gasteiger partial charge in [0.15, 0.2) is 11.5 Å². The zero-order valence-electron chi connectivity index (χ0n) is 15.2. The van der Waals surface area contributed by atoms with Crippen molar-refractivity contribution < 1.29 is 9.47 Å². The van der Waals surface area contributed by atoms with E-state index in [1.807, 2.05) is 12.1 Å². The van der Waals surface area contributed by atoms with E-state index in [1.165, 1.54) is 22.3 Å². The summed E-state index contributed by atoms with van der Waals surface area (Å²) >= 11 is 0. The van der Waals surface area contributed by atoms with Crippen LogP contribution in [0.2, 0.25) is 0 Å². The maximum absolute atomic E-state index is 5.36. The van der Waals surface area contributed by atoms with E-state index in [4.69, 9.17) is 9.47 Å². The summed E-state index contributed by atoms with van der Waals surface area (Å²) < 4.78 is 10.6. The summed E-state index contributed by atoms with van der Waals surface area (Å²) in [5, 5.41) is 0. The largest absolute Gasteiger partial charge is 0.493 e. The van der Waals surface area contributed by atoms with E-state index in [0.717, 1.165) is 37.2 Å². The molecule has 0 bridgehead atoms. The van der Waals surface area contributed by atoms with Gasteiger partial charge >= 0.3 is 0 Å². The molecule has 0 heterocycles. The van der Waals surface area contributed by atoms with Crippen LogP contribution in [0.25, 0.3) is 0 Å². The molecule has 0 fully saturated rings. The molecule has 23 heavy (non-hydrogen) atoms.